The molecule has 20 heavy (non-hydrogen) atoms. The van der Waals surface area contributed by atoms with Gasteiger partial charge in [-0.2, -0.15) is 4.31 Å². The van der Waals surface area contributed by atoms with Gasteiger partial charge in [0.1, 0.15) is 0 Å². The lowest BCUT2D eigenvalue weighted by molar-refractivity contribution is -0.138. The highest BCUT2D eigenvalue weighted by Gasteiger charge is 2.34. The zero-order valence-corrected chi connectivity index (χ0v) is 13.7. The van der Waals surface area contributed by atoms with Gasteiger partial charge in [0.15, 0.2) is 0 Å². The molecule has 6 nitrogen and oxygen atoms in total. The van der Waals surface area contributed by atoms with E-state index < -0.39 is 10.0 Å². The van der Waals surface area contributed by atoms with Crippen molar-refractivity contribution in [1.29, 1.82) is 0 Å². The topological polar surface area (TPSA) is 69.7 Å². The first kappa shape index (κ1) is 17.7. The second-order valence-corrected chi connectivity index (χ2v) is 7.59. The summed E-state index contributed by atoms with van der Waals surface area (Å²) in [5.74, 6) is 0.769. The van der Waals surface area contributed by atoms with Gasteiger partial charge in [-0.3, -0.25) is 4.79 Å². The van der Waals surface area contributed by atoms with Crippen molar-refractivity contribution in [3.8, 4) is 0 Å². The summed E-state index contributed by atoms with van der Waals surface area (Å²) in [6.45, 7) is 7.34. The minimum atomic E-state index is -3.12. The molecule has 0 spiro atoms. The van der Waals surface area contributed by atoms with E-state index in [1.165, 1.54) is 4.31 Å². The van der Waals surface area contributed by atoms with Gasteiger partial charge in [-0.05, 0) is 25.9 Å². The highest BCUT2D eigenvalue weighted by molar-refractivity contribution is 7.89. The molecule has 2 aliphatic rings. The molecule has 0 saturated carbocycles. The van der Waals surface area contributed by atoms with Crippen molar-refractivity contribution in [2.45, 2.75) is 13.8 Å². The number of hydrogen-bond acceptors (Lipinski definition) is 4. The van der Waals surface area contributed by atoms with Gasteiger partial charge in [-0.1, -0.05) is 6.92 Å². The number of nitrogens with one attached hydrogen (secondary N) is 1. The minimum absolute atomic E-state index is 0. The molecule has 0 radical (unpaired) electrons. The molecular weight excluding hydrogens is 302 g/mol. The Morgan fingerprint density at radius 3 is 2.20 bits per heavy atom. The van der Waals surface area contributed by atoms with E-state index in [4.69, 9.17) is 0 Å². The van der Waals surface area contributed by atoms with Crippen molar-refractivity contribution in [2.24, 2.45) is 11.8 Å². The van der Waals surface area contributed by atoms with Gasteiger partial charge in [0, 0.05) is 32.1 Å². The summed E-state index contributed by atoms with van der Waals surface area (Å²) >= 11 is 0. The fraction of sp³-hybridized carbons (Fsp3) is 0.917. The van der Waals surface area contributed by atoms with Gasteiger partial charge in [-0.25, -0.2) is 8.42 Å². The van der Waals surface area contributed by atoms with E-state index in [-0.39, 0.29) is 30.0 Å². The molecule has 1 N–H and O–H groups in total. The number of sulfonamides is 1. The lowest BCUT2D eigenvalue weighted by Gasteiger charge is -2.38. The molecule has 2 heterocycles. The van der Waals surface area contributed by atoms with E-state index in [1.54, 1.807) is 6.92 Å². The van der Waals surface area contributed by atoms with E-state index in [9.17, 15) is 13.2 Å². The third kappa shape index (κ3) is 3.63. The summed E-state index contributed by atoms with van der Waals surface area (Å²) < 4.78 is 25.0. The van der Waals surface area contributed by atoms with Crippen LogP contribution < -0.4 is 5.32 Å². The zero-order chi connectivity index (χ0) is 14.0. The summed E-state index contributed by atoms with van der Waals surface area (Å²) in [5, 5.41) is 3.18. The maximum atomic E-state index is 12.3. The first-order chi connectivity index (χ1) is 8.95. The van der Waals surface area contributed by atoms with Crippen molar-refractivity contribution >= 4 is 28.3 Å². The van der Waals surface area contributed by atoms with E-state index in [2.05, 4.69) is 5.32 Å². The lowest BCUT2D eigenvalue weighted by atomic mass is 9.88. The second kappa shape index (κ2) is 7.06. The van der Waals surface area contributed by atoms with E-state index in [0.29, 0.717) is 32.1 Å². The molecule has 0 aromatic heterocycles. The average molecular weight is 326 g/mol. The van der Waals surface area contributed by atoms with Crippen LogP contribution in [0.5, 0.6) is 0 Å². The van der Waals surface area contributed by atoms with Gasteiger partial charge in [0.05, 0.1) is 5.75 Å². The first-order valence-corrected chi connectivity index (χ1v) is 8.54. The maximum absolute atomic E-state index is 12.3. The number of piperazine rings is 1. The van der Waals surface area contributed by atoms with Crippen LogP contribution in [0, 0.1) is 11.8 Å². The van der Waals surface area contributed by atoms with Crippen molar-refractivity contribution < 1.29 is 13.2 Å². The Balaban J connectivity index is 0.00000200. The van der Waals surface area contributed by atoms with Crippen LogP contribution in [-0.2, 0) is 14.8 Å². The van der Waals surface area contributed by atoms with Crippen LogP contribution in [0.2, 0.25) is 0 Å². The molecule has 1 atom stereocenters. The van der Waals surface area contributed by atoms with Crippen LogP contribution >= 0.6 is 12.4 Å². The number of amides is 1. The Hall–Kier alpha value is -0.370. The molecule has 2 saturated heterocycles. The Morgan fingerprint density at radius 1 is 1.25 bits per heavy atom. The Labute approximate surface area is 127 Å². The third-order valence-corrected chi connectivity index (χ3v) is 6.10. The molecule has 2 fully saturated rings. The number of halogens is 1. The fourth-order valence-electron chi connectivity index (χ4n) is 2.52. The molecule has 118 valence electrons. The largest absolute Gasteiger partial charge is 0.340 e. The van der Waals surface area contributed by atoms with Crippen LogP contribution in [0.3, 0.4) is 0 Å². The highest BCUT2D eigenvalue weighted by Crippen LogP contribution is 2.19. The second-order valence-electron chi connectivity index (χ2n) is 5.33. The van der Waals surface area contributed by atoms with Gasteiger partial charge in [0.25, 0.3) is 0 Å². The number of carbonyl (C=O) groups excluding carboxylic acids is 1. The number of carbonyl (C=O) groups is 1. The Kier molecular flexibility index (Phi) is 6.25. The van der Waals surface area contributed by atoms with Gasteiger partial charge >= 0.3 is 0 Å². The highest BCUT2D eigenvalue weighted by atomic mass is 35.5. The van der Waals surface area contributed by atoms with Crippen LogP contribution in [0.4, 0.5) is 0 Å². The molecule has 0 aromatic rings. The van der Waals surface area contributed by atoms with Crippen molar-refractivity contribution in [3.63, 3.8) is 0 Å². The quantitative estimate of drug-likeness (QED) is 0.774. The normalized spacial score (nSPS) is 22.8. The lowest BCUT2D eigenvalue weighted by Crippen LogP contribution is -2.55. The molecule has 0 bridgehead atoms. The summed E-state index contributed by atoms with van der Waals surface area (Å²) in [6.07, 6.45) is 0. The predicted molar refractivity (Wildman–Crippen MR) is 80.4 cm³/mol. The van der Waals surface area contributed by atoms with Crippen LogP contribution in [0.15, 0.2) is 0 Å². The van der Waals surface area contributed by atoms with E-state index in [1.807, 2.05) is 11.8 Å². The average Bonchev–Trinajstić information content (AvgIpc) is 2.36. The molecule has 2 rings (SSSR count). The van der Waals surface area contributed by atoms with Crippen molar-refractivity contribution in [3.05, 3.63) is 0 Å². The number of hydrogen-bond donors (Lipinski definition) is 1. The number of nitrogens with zero attached hydrogens (tertiary/aromatic N) is 2. The van der Waals surface area contributed by atoms with Crippen molar-refractivity contribution in [1.82, 2.24) is 14.5 Å². The Bertz CT molecular complexity index is 431. The molecule has 8 heteroatoms. The Morgan fingerprint density at radius 2 is 1.80 bits per heavy atom. The monoisotopic (exact) mass is 325 g/mol. The third-order valence-electron chi connectivity index (χ3n) is 4.22. The van der Waals surface area contributed by atoms with Gasteiger partial charge in [0.2, 0.25) is 15.9 Å². The van der Waals surface area contributed by atoms with Gasteiger partial charge < -0.3 is 10.2 Å². The molecular formula is C12H24ClN3O3S. The summed E-state index contributed by atoms with van der Waals surface area (Å²) in [5.41, 5.74) is 0. The summed E-state index contributed by atoms with van der Waals surface area (Å²) in [7, 11) is -3.12. The predicted octanol–water partition coefficient (Wildman–Crippen LogP) is -0.242. The van der Waals surface area contributed by atoms with E-state index in [0.717, 1.165) is 13.1 Å². The fourth-order valence-corrected chi connectivity index (χ4v) is 3.61. The maximum Gasteiger partial charge on any atom is 0.225 e. The molecule has 0 aliphatic carbocycles. The molecule has 0 aromatic carbocycles. The minimum Gasteiger partial charge on any atom is -0.340 e. The van der Waals surface area contributed by atoms with Crippen LogP contribution in [0.25, 0.3) is 0 Å². The SMILES string of the molecule is CCS(=O)(=O)N1CCN(C(=O)C(C)C2CNC2)CC1.Cl. The molecule has 1 amide bonds. The first-order valence-electron chi connectivity index (χ1n) is 6.93. The van der Waals surface area contributed by atoms with Crippen LogP contribution in [0.1, 0.15) is 13.8 Å². The van der Waals surface area contributed by atoms with Gasteiger partial charge in [-0.15, -0.1) is 12.4 Å². The van der Waals surface area contributed by atoms with Crippen LogP contribution in [-0.4, -0.2) is 68.6 Å². The van der Waals surface area contributed by atoms with E-state index >= 15 is 0 Å². The zero-order valence-electron chi connectivity index (χ0n) is 12.0. The number of rotatable bonds is 4. The summed E-state index contributed by atoms with van der Waals surface area (Å²) in [6, 6.07) is 0. The summed E-state index contributed by atoms with van der Waals surface area (Å²) in [4.78, 5) is 14.1. The standard InChI is InChI=1S/C12H23N3O3S.ClH/c1-3-19(17,18)15-6-4-14(5-7-15)12(16)10(2)11-8-13-9-11;/h10-11,13H,3-9H2,1-2H3;1H. The molecule has 2 aliphatic heterocycles. The smallest absolute Gasteiger partial charge is 0.225 e. The van der Waals surface area contributed by atoms with Crippen molar-refractivity contribution in [2.75, 3.05) is 45.0 Å². The molecule has 1 unspecified atom stereocenters.